The third-order valence-corrected chi connectivity index (χ3v) is 6.02. The molecule has 0 radical (unpaired) electrons. The lowest BCUT2D eigenvalue weighted by Gasteiger charge is -2.35. The maximum Gasteiger partial charge on any atom is 0.142 e. The SMILES string of the molecule is Cc1nc(CC(=O)C2CC3CCC(C2)N3C)sc1C. The second kappa shape index (κ2) is 4.98. The number of Topliss-reactive ketones (excluding diaryl/α,β-unsaturated/α-hetero) is 1. The minimum atomic E-state index is 0.276. The fourth-order valence-corrected chi connectivity index (χ4v) is 4.53. The van der Waals surface area contributed by atoms with Crippen molar-refractivity contribution in [1.29, 1.82) is 0 Å². The largest absolute Gasteiger partial charge is 0.300 e. The third-order valence-electron chi connectivity index (χ3n) is 4.95. The second-order valence-corrected chi connectivity index (χ2v) is 7.40. The first-order valence-electron chi connectivity index (χ1n) is 7.22. The number of nitrogens with zero attached hydrogens (tertiary/aromatic N) is 2. The highest BCUT2D eigenvalue weighted by molar-refractivity contribution is 7.11. The lowest BCUT2D eigenvalue weighted by molar-refractivity contribution is -0.124. The van der Waals surface area contributed by atoms with Gasteiger partial charge in [-0.05, 0) is 46.6 Å². The van der Waals surface area contributed by atoms with E-state index < -0.39 is 0 Å². The van der Waals surface area contributed by atoms with Crippen molar-refractivity contribution in [3.63, 3.8) is 0 Å². The molecule has 0 amide bonds. The van der Waals surface area contributed by atoms with E-state index in [9.17, 15) is 4.79 Å². The molecule has 0 aromatic carbocycles. The fourth-order valence-electron chi connectivity index (χ4n) is 3.58. The van der Waals surface area contributed by atoms with Crippen LogP contribution in [0.2, 0.25) is 0 Å². The van der Waals surface area contributed by atoms with Gasteiger partial charge in [0.15, 0.2) is 0 Å². The Morgan fingerprint density at radius 1 is 1.32 bits per heavy atom. The summed E-state index contributed by atoms with van der Waals surface area (Å²) in [5.74, 6) is 0.692. The van der Waals surface area contributed by atoms with Crippen molar-refractivity contribution in [2.75, 3.05) is 7.05 Å². The van der Waals surface area contributed by atoms with Gasteiger partial charge in [0.25, 0.3) is 0 Å². The summed E-state index contributed by atoms with van der Waals surface area (Å²) in [5, 5.41) is 1.01. The van der Waals surface area contributed by atoms with Gasteiger partial charge in [-0.1, -0.05) is 0 Å². The van der Waals surface area contributed by atoms with E-state index >= 15 is 0 Å². The van der Waals surface area contributed by atoms with Crippen LogP contribution in [0.3, 0.4) is 0 Å². The molecule has 3 nitrogen and oxygen atoms in total. The number of hydrogen-bond donors (Lipinski definition) is 0. The number of rotatable bonds is 3. The molecule has 2 unspecified atom stereocenters. The average molecular weight is 278 g/mol. The van der Waals surface area contributed by atoms with Crippen LogP contribution in [0, 0.1) is 19.8 Å². The number of aromatic nitrogens is 1. The van der Waals surface area contributed by atoms with Crippen LogP contribution in [0.15, 0.2) is 0 Å². The molecule has 0 saturated carbocycles. The van der Waals surface area contributed by atoms with Gasteiger partial charge in [-0.25, -0.2) is 4.98 Å². The Bertz CT molecular complexity index is 463. The molecule has 2 bridgehead atoms. The smallest absolute Gasteiger partial charge is 0.142 e. The minimum absolute atomic E-state index is 0.276. The van der Waals surface area contributed by atoms with Crippen LogP contribution in [-0.2, 0) is 11.2 Å². The normalized spacial score (nSPS) is 30.8. The van der Waals surface area contributed by atoms with Gasteiger partial charge in [0.1, 0.15) is 10.8 Å². The quantitative estimate of drug-likeness (QED) is 0.852. The van der Waals surface area contributed by atoms with Crippen molar-refractivity contribution in [2.45, 2.75) is 58.0 Å². The van der Waals surface area contributed by atoms with Crippen molar-refractivity contribution in [3.05, 3.63) is 15.6 Å². The summed E-state index contributed by atoms with van der Waals surface area (Å²) < 4.78 is 0. The number of aryl methyl sites for hydroxylation is 2. The van der Waals surface area contributed by atoms with Crippen LogP contribution in [0.1, 0.15) is 41.3 Å². The van der Waals surface area contributed by atoms with Crippen molar-refractivity contribution >= 4 is 17.1 Å². The highest BCUT2D eigenvalue weighted by atomic mass is 32.1. The van der Waals surface area contributed by atoms with Crippen molar-refractivity contribution in [3.8, 4) is 0 Å². The third kappa shape index (κ3) is 2.48. The Labute approximate surface area is 119 Å². The van der Waals surface area contributed by atoms with Gasteiger partial charge < -0.3 is 4.90 Å². The molecule has 1 aromatic rings. The van der Waals surface area contributed by atoms with Gasteiger partial charge in [-0.15, -0.1) is 11.3 Å². The van der Waals surface area contributed by atoms with Crippen LogP contribution < -0.4 is 0 Å². The molecule has 2 atom stereocenters. The molecule has 3 rings (SSSR count). The van der Waals surface area contributed by atoms with Gasteiger partial charge in [-0.3, -0.25) is 4.79 Å². The Morgan fingerprint density at radius 2 is 1.95 bits per heavy atom. The zero-order valence-electron chi connectivity index (χ0n) is 12.0. The summed E-state index contributed by atoms with van der Waals surface area (Å²) in [6.07, 6.45) is 5.23. The average Bonchev–Trinajstić information content (AvgIpc) is 2.76. The topological polar surface area (TPSA) is 33.2 Å². The van der Waals surface area contributed by atoms with Gasteiger partial charge in [0.2, 0.25) is 0 Å². The first-order chi connectivity index (χ1) is 9.04. The van der Waals surface area contributed by atoms with E-state index in [4.69, 9.17) is 0 Å². The Morgan fingerprint density at radius 3 is 2.47 bits per heavy atom. The molecule has 2 aliphatic rings. The standard InChI is InChI=1S/C15H22N2OS/c1-9-10(2)19-15(16-9)8-14(18)11-6-12-4-5-13(7-11)17(12)3/h11-13H,4-8H2,1-3H3. The van der Waals surface area contributed by atoms with E-state index in [2.05, 4.69) is 23.9 Å². The van der Waals surface area contributed by atoms with E-state index in [1.807, 2.05) is 6.92 Å². The number of carbonyl (C=O) groups excluding carboxylic acids is 1. The molecular weight excluding hydrogens is 256 g/mol. The number of ketones is 1. The maximum absolute atomic E-state index is 12.5. The van der Waals surface area contributed by atoms with E-state index in [-0.39, 0.29) is 5.92 Å². The summed E-state index contributed by atoms with van der Waals surface area (Å²) in [5.41, 5.74) is 1.08. The molecule has 19 heavy (non-hydrogen) atoms. The molecule has 0 spiro atoms. The monoisotopic (exact) mass is 278 g/mol. The van der Waals surface area contributed by atoms with Crippen molar-refractivity contribution < 1.29 is 4.79 Å². The summed E-state index contributed by atoms with van der Waals surface area (Å²) in [7, 11) is 2.22. The van der Waals surface area contributed by atoms with Gasteiger partial charge in [0, 0.05) is 22.9 Å². The number of hydrogen-bond acceptors (Lipinski definition) is 4. The Balaban J connectivity index is 1.65. The van der Waals surface area contributed by atoms with Gasteiger partial charge in [0.05, 0.1) is 12.1 Å². The molecule has 2 fully saturated rings. The van der Waals surface area contributed by atoms with Crippen LogP contribution in [0.25, 0.3) is 0 Å². The number of carbonyl (C=O) groups is 1. The van der Waals surface area contributed by atoms with Crippen molar-refractivity contribution in [1.82, 2.24) is 9.88 Å². The predicted octanol–water partition coefficient (Wildman–Crippen LogP) is 2.74. The first-order valence-corrected chi connectivity index (χ1v) is 8.03. The zero-order chi connectivity index (χ0) is 13.6. The number of fused-ring (bicyclic) bond motifs is 2. The predicted molar refractivity (Wildman–Crippen MR) is 77.6 cm³/mol. The van der Waals surface area contributed by atoms with Crippen molar-refractivity contribution in [2.24, 2.45) is 5.92 Å². The fraction of sp³-hybridized carbons (Fsp3) is 0.733. The molecule has 104 valence electrons. The van der Waals surface area contributed by atoms with Crippen LogP contribution in [-0.4, -0.2) is 34.8 Å². The minimum Gasteiger partial charge on any atom is -0.300 e. The first kappa shape index (κ1) is 13.3. The zero-order valence-corrected chi connectivity index (χ0v) is 12.8. The molecular formula is C15H22N2OS. The summed E-state index contributed by atoms with van der Waals surface area (Å²) in [6.45, 7) is 4.10. The molecule has 2 aliphatic heterocycles. The maximum atomic E-state index is 12.5. The second-order valence-electron chi connectivity index (χ2n) is 6.11. The van der Waals surface area contributed by atoms with Gasteiger partial charge in [-0.2, -0.15) is 0 Å². The van der Waals surface area contributed by atoms with E-state index in [1.165, 1.54) is 17.7 Å². The molecule has 0 N–H and O–H groups in total. The summed E-state index contributed by atoms with van der Waals surface area (Å²) in [6, 6.07) is 1.29. The summed E-state index contributed by atoms with van der Waals surface area (Å²) >= 11 is 1.68. The van der Waals surface area contributed by atoms with Crippen LogP contribution >= 0.6 is 11.3 Å². The lowest BCUT2D eigenvalue weighted by Crippen LogP contribution is -2.42. The number of thiazole rings is 1. The lowest BCUT2D eigenvalue weighted by atomic mass is 9.86. The highest BCUT2D eigenvalue weighted by Gasteiger charge is 2.40. The van der Waals surface area contributed by atoms with E-state index in [1.54, 1.807) is 11.3 Å². The van der Waals surface area contributed by atoms with Gasteiger partial charge >= 0.3 is 0 Å². The number of piperidine rings is 1. The van der Waals surface area contributed by atoms with Crippen LogP contribution in [0.4, 0.5) is 0 Å². The molecule has 1 aromatic heterocycles. The Hall–Kier alpha value is -0.740. The molecule has 0 aliphatic carbocycles. The Kier molecular flexibility index (Phi) is 3.48. The van der Waals surface area contributed by atoms with Crippen LogP contribution in [0.5, 0.6) is 0 Å². The molecule has 4 heteroatoms. The van der Waals surface area contributed by atoms with E-state index in [0.29, 0.717) is 24.3 Å². The summed E-state index contributed by atoms with van der Waals surface area (Å²) in [4.78, 5) is 20.7. The molecule has 3 heterocycles. The highest BCUT2D eigenvalue weighted by Crippen LogP contribution is 2.38. The molecule has 2 saturated heterocycles. The van der Waals surface area contributed by atoms with E-state index in [0.717, 1.165) is 23.5 Å².